The Hall–Kier alpha value is -0.340. The van der Waals surface area contributed by atoms with Crippen LogP contribution in [0, 0.1) is 13.8 Å². The Morgan fingerprint density at radius 1 is 1.05 bits per heavy atom. The van der Waals surface area contributed by atoms with Gasteiger partial charge in [0.25, 0.3) is 0 Å². The van der Waals surface area contributed by atoms with Crippen molar-refractivity contribution < 1.29 is 0 Å². The van der Waals surface area contributed by atoms with Crippen LogP contribution in [0.4, 0.5) is 0 Å². The first-order valence-corrected chi connectivity index (χ1v) is 8.81. The molecule has 0 amide bonds. The summed E-state index contributed by atoms with van der Waals surface area (Å²) in [5, 5.41) is 3.66. The minimum atomic E-state index is 0.570. The van der Waals surface area contributed by atoms with E-state index in [1.165, 1.54) is 60.3 Å². The average molecular weight is 282 g/mol. The van der Waals surface area contributed by atoms with E-state index in [2.05, 4.69) is 39.1 Å². The molecule has 0 saturated heterocycles. The second-order valence-electron chi connectivity index (χ2n) is 5.54. The van der Waals surface area contributed by atoms with Gasteiger partial charge in [-0.05, 0) is 38.4 Å². The van der Waals surface area contributed by atoms with Crippen molar-refractivity contribution in [3.8, 4) is 0 Å². The number of thiophene rings is 1. The summed E-state index contributed by atoms with van der Waals surface area (Å²) in [5.41, 5.74) is 1.54. The zero-order valence-electron chi connectivity index (χ0n) is 13.2. The fourth-order valence-electron chi connectivity index (χ4n) is 2.74. The van der Waals surface area contributed by atoms with Crippen LogP contribution in [0.25, 0.3) is 0 Å². The van der Waals surface area contributed by atoms with Gasteiger partial charge in [0.2, 0.25) is 0 Å². The SMILES string of the molecule is CCCCCCCCC(NCC)c1cc(C)sc1C. The molecule has 1 aromatic heterocycles. The van der Waals surface area contributed by atoms with Crippen LogP contribution in [-0.4, -0.2) is 6.54 Å². The number of hydrogen-bond donors (Lipinski definition) is 1. The van der Waals surface area contributed by atoms with Gasteiger partial charge in [0.15, 0.2) is 0 Å². The van der Waals surface area contributed by atoms with Gasteiger partial charge in [0, 0.05) is 15.8 Å². The monoisotopic (exact) mass is 281 g/mol. The van der Waals surface area contributed by atoms with Crippen molar-refractivity contribution in [2.75, 3.05) is 6.54 Å². The first kappa shape index (κ1) is 16.7. The smallest absolute Gasteiger partial charge is 0.0331 e. The van der Waals surface area contributed by atoms with Crippen LogP contribution < -0.4 is 5.32 Å². The van der Waals surface area contributed by atoms with Crippen molar-refractivity contribution in [2.24, 2.45) is 0 Å². The van der Waals surface area contributed by atoms with Crippen molar-refractivity contribution in [1.82, 2.24) is 5.32 Å². The van der Waals surface area contributed by atoms with Gasteiger partial charge < -0.3 is 5.32 Å². The molecule has 1 atom stereocenters. The lowest BCUT2D eigenvalue weighted by molar-refractivity contribution is 0.476. The number of nitrogens with one attached hydrogen (secondary N) is 1. The Balaban J connectivity index is 2.38. The maximum absolute atomic E-state index is 3.66. The number of unbranched alkanes of at least 4 members (excludes halogenated alkanes) is 5. The van der Waals surface area contributed by atoms with Crippen LogP contribution in [0.2, 0.25) is 0 Å². The molecule has 110 valence electrons. The second kappa shape index (κ2) is 9.55. The van der Waals surface area contributed by atoms with Crippen molar-refractivity contribution in [2.45, 2.75) is 78.7 Å². The molecule has 1 N–H and O–H groups in total. The summed E-state index contributed by atoms with van der Waals surface area (Å²) in [6.45, 7) is 10.0. The zero-order valence-corrected chi connectivity index (χ0v) is 14.0. The van der Waals surface area contributed by atoms with Crippen LogP contribution >= 0.6 is 11.3 Å². The highest BCUT2D eigenvalue weighted by atomic mass is 32.1. The van der Waals surface area contributed by atoms with Crippen LogP contribution in [0.1, 0.15) is 80.2 Å². The molecule has 0 radical (unpaired) electrons. The molecule has 1 heterocycles. The lowest BCUT2D eigenvalue weighted by atomic mass is 10.00. The fraction of sp³-hybridized carbons (Fsp3) is 0.765. The van der Waals surface area contributed by atoms with Gasteiger partial charge >= 0.3 is 0 Å². The third-order valence-electron chi connectivity index (χ3n) is 3.75. The van der Waals surface area contributed by atoms with Crippen LogP contribution in [0.15, 0.2) is 6.07 Å². The Labute approximate surface area is 123 Å². The summed E-state index contributed by atoms with van der Waals surface area (Å²) in [7, 11) is 0. The minimum absolute atomic E-state index is 0.570. The van der Waals surface area contributed by atoms with Crippen molar-refractivity contribution >= 4 is 11.3 Å². The van der Waals surface area contributed by atoms with Gasteiger partial charge in [-0.2, -0.15) is 0 Å². The molecule has 0 fully saturated rings. The first-order valence-electron chi connectivity index (χ1n) is 7.99. The van der Waals surface area contributed by atoms with E-state index in [0.29, 0.717) is 6.04 Å². The molecule has 0 saturated carbocycles. The molecule has 0 spiro atoms. The van der Waals surface area contributed by atoms with Crippen molar-refractivity contribution in [3.05, 3.63) is 21.4 Å². The van der Waals surface area contributed by atoms with Crippen molar-refractivity contribution in [1.29, 1.82) is 0 Å². The van der Waals surface area contributed by atoms with E-state index in [1.54, 1.807) is 0 Å². The summed E-state index contributed by atoms with van der Waals surface area (Å²) in [4.78, 5) is 2.94. The molecule has 0 aliphatic rings. The number of aryl methyl sites for hydroxylation is 2. The molecular formula is C17H31NS. The van der Waals surface area contributed by atoms with Crippen LogP contribution in [0.3, 0.4) is 0 Å². The highest BCUT2D eigenvalue weighted by Gasteiger charge is 2.14. The molecule has 0 aliphatic carbocycles. The summed E-state index contributed by atoms with van der Waals surface area (Å²) < 4.78 is 0. The quantitative estimate of drug-likeness (QED) is 0.537. The van der Waals surface area contributed by atoms with E-state index < -0.39 is 0 Å². The maximum Gasteiger partial charge on any atom is 0.0331 e. The highest BCUT2D eigenvalue weighted by Crippen LogP contribution is 2.29. The van der Waals surface area contributed by atoms with Gasteiger partial charge in [-0.1, -0.05) is 52.4 Å². The molecule has 1 nitrogen and oxygen atoms in total. The van der Waals surface area contributed by atoms with Gasteiger partial charge in [-0.3, -0.25) is 0 Å². The third kappa shape index (κ3) is 6.09. The molecule has 0 bridgehead atoms. The summed E-state index contributed by atoms with van der Waals surface area (Å²) in [6, 6.07) is 2.95. The molecule has 0 aromatic carbocycles. The van der Waals surface area contributed by atoms with E-state index in [1.807, 2.05) is 11.3 Å². The van der Waals surface area contributed by atoms with E-state index in [9.17, 15) is 0 Å². The van der Waals surface area contributed by atoms with E-state index in [4.69, 9.17) is 0 Å². The Morgan fingerprint density at radius 3 is 2.32 bits per heavy atom. The topological polar surface area (TPSA) is 12.0 Å². The Kier molecular flexibility index (Phi) is 8.40. The summed E-state index contributed by atoms with van der Waals surface area (Å²) >= 11 is 1.93. The number of rotatable bonds is 10. The first-order chi connectivity index (χ1) is 9.19. The molecule has 2 heteroatoms. The molecule has 1 unspecified atom stereocenters. The predicted molar refractivity (Wildman–Crippen MR) is 88.2 cm³/mol. The van der Waals surface area contributed by atoms with Crippen LogP contribution in [0.5, 0.6) is 0 Å². The van der Waals surface area contributed by atoms with Gasteiger partial charge in [-0.25, -0.2) is 0 Å². The average Bonchev–Trinajstić information content (AvgIpc) is 2.71. The molecule has 0 aliphatic heterocycles. The fourth-order valence-corrected chi connectivity index (χ4v) is 3.73. The highest BCUT2D eigenvalue weighted by molar-refractivity contribution is 7.12. The predicted octanol–water partition coefficient (Wildman–Crippen LogP) is 5.77. The van der Waals surface area contributed by atoms with Crippen molar-refractivity contribution in [3.63, 3.8) is 0 Å². The lowest BCUT2D eigenvalue weighted by Gasteiger charge is -2.18. The third-order valence-corrected chi connectivity index (χ3v) is 4.73. The van der Waals surface area contributed by atoms with Crippen LogP contribution in [-0.2, 0) is 0 Å². The minimum Gasteiger partial charge on any atom is -0.310 e. The van der Waals surface area contributed by atoms with Gasteiger partial charge in [-0.15, -0.1) is 11.3 Å². The molecule has 19 heavy (non-hydrogen) atoms. The van der Waals surface area contributed by atoms with E-state index >= 15 is 0 Å². The zero-order chi connectivity index (χ0) is 14.1. The maximum atomic E-state index is 3.66. The number of hydrogen-bond acceptors (Lipinski definition) is 2. The summed E-state index contributed by atoms with van der Waals surface area (Å²) in [6.07, 6.45) is 9.61. The summed E-state index contributed by atoms with van der Waals surface area (Å²) in [5.74, 6) is 0. The Bertz CT molecular complexity index is 343. The van der Waals surface area contributed by atoms with E-state index in [0.717, 1.165) is 6.54 Å². The second-order valence-corrected chi connectivity index (χ2v) is 7.00. The van der Waals surface area contributed by atoms with Gasteiger partial charge in [0.1, 0.15) is 0 Å². The van der Waals surface area contributed by atoms with Gasteiger partial charge in [0.05, 0.1) is 0 Å². The molecular weight excluding hydrogens is 250 g/mol. The largest absolute Gasteiger partial charge is 0.310 e. The normalized spacial score (nSPS) is 12.8. The molecule has 1 rings (SSSR count). The van der Waals surface area contributed by atoms with E-state index in [-0.39, 0.29) is 0 Å². The lowest BCUT2D eigenvalue weighted by Crippen LogP contribution is -2.21. The standard InChI is InChI=1S/C17H31NS/c1-5-7-8-9-10-11-12-17(18-6-2)16-13-14(3)19-15(16)4/h13,17-18H,5-12H2,1-4H3. The molecule has 1 aromatic rings. The Morgan fingerprint density at radius 2 is 1.74 bits per heavy atom.